The molecule has 0 saturated carbocycles. The minimum absolute atomic E-state index is 0.102. The summed E-state index contributed by atoms with van der Waals surface area (Å²) in [6.45, 7) is 0.102. The summed E-state index contributed by atoms with van der Waals surface area (Å²) in [7, 11) is 1.33. The van der Waals surface area contributed by atoms with Crippen molar-refractivity contribution in [3.63, 3.8) is 0 Å². The van der Waals surface area contributed by atoms with Gasteiger partial charge in [-0.25, -0.2) is 0 Å². The number of hydrogen-bond donors (Lipinski definition) is 2. The first-order valence-electron chi connectivity index (χ1n) is 3.74. The van der Waals surface area contributed by atoms with E-state index in [0.717, 1.165) is 0 Å². The second-order valence-electron chi connectivity index (χ2n) is 2.39. The van der Waals surface area contributed by atoms with Crippen LogP contribution in [-0.4, -0.2) is 24.6 Å². The highest BCUT2D eigenvalue weighted by atomic mass is 16.5. The molecule has 1 aromatic heterocycles. The maximum atomic E-state index is 10.8. The molecule has 0 aliphatic heterocycles. The van der Waals surface area contributed by atoms with Gasteiger partial charge in [-0.3, -0.25) is 9.78 Å². The van der Waals surface area contributed by atoms with Crippen molar-refractivity contribution < 1.29 is 9.53 Å². The lowest BCUT2D eigenvalue weighted by atomic mass is 10.3. The number of nitrogen functional groups attached to an aromatic ring is 1. The van der Waals surface area contributed by atoms with Gasteiger partial charge in [0.2, 0.25) is 0 Å². The highest BCUT2D eigenvalue weighted by molar-refractivity contribution is 5.77. The molecule has 13 heavy (non-hydrogen) atoms. The van der Waals surface area contributed by atoms with Gasteiger partial charge in [0.1, 0.15) is 6.54 Å². The van der Waals surface area contributed by atoms with E-state index in [1.165, 1.54) is 13.3 Å². The molecule has 0 bridgehead atoms. The van der Waals surface area contributed by atoms with Gasteiger partial charge >= 0.3 is 5.97 Å². The van der Waals surface area contributed by atoms with Crippen molar-refractivity contribution in [2.75, 3.05) is 24.7 Å². The smallest absolute Gasteiger partial charge is 0.325 e. The van der Waals surface area contributed by atoms with E-state index < -0.39 is 0 Å². The fourth-order valence-corrected chi connectivity index (χ4v) is 0.807. The first kappa shape index (κ1) is 9.31. The number of nitrogens with zero attached hydrogens (tertiary/aromatic N) is 1. The Balaban J connectivity index is 2.54. The fraction of sp³-hybridized carbons (Fsp3) is 0.250. The number of rotatable bonds is 3. The number of nitrogens with one attached hydrogen (secondary N) is 1. The minimum atomic E-state index is -0.337. The van der Waals surface area contributed by atoms with Crippen LogP contribution in [0.4, 0.5) is 11.4 Å². The van der Waals surface area contributed by atoms with Gasteiger partial charge in [0, 0.05) is 6.20 Å². The van der Waals surface area contributed by atoms with E-state index in [9.17, 15) is 4.79 Å². The lowest BCUT2D eigenvalue weighted by Crippen LogP contribution is -2.15. The number of carbonyl (C=O) groups excluding carboxylic acids is 1. The molecule has 1 rings (SSSR count). The third kappa shape index (κ3) is 2.62. The van der Waals surface area contributed by atoms with Crippen molar-refractivity contribution in [1.82, 2.24) is 4.98 Å². The predicted molar refractivity (Wildman–Crippen MR) is 49.2 cm³/mol. The number of carbonyl (C=O) groups is 1. The van der Waals surface area contributed by atoms with Crippen LogP contribution in [0.3, 0.4) is 0 Å². The monoisotopic (exact) mass is 181 g/mol. The van der Waals surface area contributed by atoms with E-state index in [1.807, 2.05) is 0 Å². The highest BCUT2D eigenvalue weighted by Gasteiger charge is 2.01. The summed E-state index contributed by atoms with van der Waals surface area (Å²) >= 11 is 0. The molecular weight excluding hydrogens is 170 g/mol. The Labute approximate surface area is 75.9 Å². The van der Waals surface area contributed by atoms with Gasteiger partial charge in [-0.05, 0) is 6.07 Å². The van der Waals surface area contributed by atoms with E-state index in [-0.39, 0.29) is 12.5 Å². The van der Waals surface area contributed by atoms with Crippen LogP contribution in [0.2, 0.25) is 0 Å². The number of esters is 1. The van der Waals surface area contributed by atoms with Gasteiger partial charge in [-0.2, -0.15) is 0 Å². The zero-order valence-corrected chi connectivity index (χ0v) is 7.28. The summed E-state index contributed by atoms with van der Waals surface area (Å²) in [5, 5.41) is 2.82. The Bertz CT molecular complexity index is 301. The molecule has 70 valence electrons. The van der Waals surface area contributed by atoms with Gasteiger partial charge in [-0.15, -0.1) is 0 Å². The second-order valence-corrected chi connectivity index (χ2v) is 2.39. The van der Waals surface area contributed by atoms with Crippen molar-refractivity contribution in [2.45, 2.75) is 0 Å². The van der Waals surface area contributed by atoms with E-state index in [0.29, 0.717) is 11.4 Å². The van der Waals surface area contributed by atoms with Crippen LogP contribution in [0, 0.1) is 0 Å². The molecule has 0 unspecified atom stereocenters. The quantitative estimate of drug-likeness (QED) is 0.653. The minimum Gasteiger partial charge on any atom is -0.468 e. The number of pyridine rings is 1. The summed E-state index contributed by atoms with van der Waals surface area (Å²) in [6, 6.07) is 1.69. The predicted octanol–water partition coefficient (Wildman–Crippen LogP) is 0.249. The molecule has 0 amide bonds. The van der Waals surface area contributed by atoms with Crippen LogP contribution in [0.5, 0.6) is 0 Å². The number of nitrogens with two attached hydrogens (primary N) is 1. The van der Waals surface area contributed by atoms with Crippen molar-refractivity contribution >= 4 is 17.3 Å². The maximum Gasteiger partial charge on any atom is 0.325 e. The van der Waals surface area contributed by atoms with Crippen molar-refractivity contribution in [3.8, 4) is 0 Å². The third-order valence-corrected chi connectivity index (χ3v) is 1.50. The molecule has 0 fully saturated rings. The number of ether oxygens (including phenoxy) is 1. The molecule has 1 aromatic rings. The van der Waals surface area contributed by atoms with E-state index in [2.05, 4.69) is 15.0 Å². The zero-order valence-electron chi connectivity index (χ0n) is 7.28. The molecule has 0 spiro atoms. The van der Waals surface area contributed by atoms with Crippen LogP contribution < -0.4 is 11.1 Å². The molecule has 0 aliphatic rings. The Morgan fingerprint density at radius 1 is 1.77 bits per heavy atom. The summed E-state index contributed by atoms with van der Waals surface area (Å²) in [4.78, 5) is 14.6. The molecule has 0 atom stereocenters. The summed E-state index contributed by atoms with van der Waals surface area (Å²) in [5.74, 6) is -0.337. The molecule has 0 radical (unpaired) electrons. The lowest BCUT2D eigenvalue weighted by molar-refractivity contribution is -0.138. The Morgan fingerprint density at radius 2 is 2.54 bits per heavy atom. The first-order valence-corrected chi connectivity index (χ1v) is 3.74. The van der Waals surface area contributed by atoms with Gasteiger partial charge in [0.15, 0.2) is 0 Å². The van der Waals surface area contributed by atoms with Crippen molar-refractivity contribution in [1.29, 1.82) is 0 Å². The SMILES string of the molecule is COC(=O)CNc1ccncc1N. The Hall–Kier alpha value is -1.78. The maximum absolute atomic E-state index is 10.8. The molecule has 5 heteroatoms. The van der Waals surface area contributed by atoms with E-state index in [4.69, 9.17) is 5.73 Å². The summed E-state index contributed by atoms with van der Waals surface area (Å²) < 4.78 is 4.45. The van der Waals surface area contributed by atoms with Crippen molar-refractivity contribution in [2.24, 2.45) is 0 Å². The lowest BCUT2D eigenvalue weighted by Gasteiger charge is -2.06. The summed E-state index contributed by atoms with van der Waals surface area (Å²) in [6.07, 6.45) is 3.11. The Kier molecular flexibility index (Phi) is 3.08. The van der Waals surface area contributed by atoms with E-state index >= 15 is 0 Å². The van der Waals surface area contributed by atoms with Crippen LogP contribution >= 0.6 is 0 Å². The number of hydrogen-bond acceptors (Lipinski definition) is 5. The van der Waals surface area contributed by atoms with Crippen LogP contribution in [0.1, 0.15) is 0 Å². The molecule has 5 nitrogen and oxygen atoms in total. The second kappa shape index (κ2) is 4.30. The first-order chi connectivity index (χ1) is 6.24. The Morgan fingerprint density at radius 3 is 3.15 bits per heavy atom. The van der Waals surface area contributed by atoms with Crippen molar-refractivity contribution in [3.05, 3.63) is 18.5 Å². The largest absolute Gasteiger partial charge is 0.468 e. The topological polar surface area (TPSA) is 77.2 Å². The number of methoxy groups -OCH3 is 1. The van der Waals surface area contributed by atoms with E-state index in [1.54, 1.807) is 12.3 Å². The molecule has 0 aromatic carbocycles. The van der Waals surface area contributed by atoms with Gasteiger partial charge in [0.05, 0.1) is 24.7 Å². The van der Waals surface area contributed by atoms with Crippen LogP contribution in [0.15, 0.2) is 18.5 Å². The standard InChI is InChI=1S/C8H11N3O2/c1-13-8(12)5-11-7-2-3-10-4-6(7)9/h2-4H,5,9H2,1H3,(H,10,11). The van der Waals surface area contributed by atoms with Gasteiger partial charge in [-0.1, -0.05) is 0 Å². The fourth-order valence-electron chi connectivity index (χ4n) is 0.807. The zero-order chi connectivity index (χ0) is 9.68. The van der Waals surface area contributed by atoms with Crippen LogP contribution in [0.25, 0.3) is 0 Å². The average molecular weight is 181 g/mol. The highest BCUT2D eigenvalue weighted by Crippen LogP contribution is 2.14. The van der Waals surface area contributed by atoms with Gasteiger partial charge < -0.3 is 15.8 Å². The molecule has 0 saturated heterocycles. The normalized spacial score (nSPS) is 9.31. The third-order valence-electron chi connectivity index (χ3n) is 1.50. The average Bonchev–Trinajstić information content (AvgIpc) is 2.16. The molecule has 1 heterocycles. The summed E-state index contributed by atoms with van der Waals surface area (Å²) in [5.41, 5.74) is 6.76. The number of anilines is 2. The molecule has 3 N–H and O–H groups in total. The molecular formula is C8H11N3O2. The van der Waals surface area contributed by atoms with Gasteiger partial charge in [0.25, 0.3) is 0 Å². The van der Waals surface area contributed by atoms with Crippen LogP contribution in [-0.2, 0) is 9.53 Å². The number of aromatic nitrogens is 1. The molecule has 0 aliphatic carbocycles.